The molecule has 138 valence electrons. The number of hydrogen-bond donors (Lipinski definition) is 1. The summed E-state index contributed by atoms with van der Waals surface area (Å²) in [5.74, 6) is 1.30. The molecule has 0 spiro atoms. The summed E-state index contributed by atoms with van der Waals surface area (Å²) < 4.78 is 1.21. The Labute approximate surface area is 159 Å². The number of thiazole rings is 1. The normalized spacial score (nSPS) is 22.5. The summed E-state index contributed by atoms with van der Waals surface area (Å²) in [5, 5.41) is 4.48. The molecule has 1 N–H and O–H groups in total. The highest BCUT2D eigenvalue weighted by Crippen LogP contribution is 2.45. The second-order valence-electron chi connectivity index (χ2n) is 8.42. The van der Waals surface area contributed by atoms with E-state index in [4.69, 9.17) is 4.98 Å². The summed E-state index contributed by atoms with van der Waals surface area (Å²) in [4.78, 5) is 20.2. The van der Waals surface area contributed by atoms with Gasteiger partial charge in [0.15, 0.2) is 0 Å². The number of amides is 1. The fourth-order valence-corrected chi connectivity index (χ4v) is 5.37. The number of likely N-dealkylation sites (tertiary alicyclic amines) is 1. The summed E-state index contributed by atoms with van der Waals surface area (Å²) in [6.45, 7) is 2.32. The lowest BCUT2D eigenvalue weighted by Gasteiger charge is -2.27. The number of aromatic nitrogens is 1. The van der Waals surface area contributed by atoms with Gasteiger partial charge in [0.1, 0.15) is 0 Å². The largest absolute Gasteiger partial charge is 0.349 e. The first kappa shape index (κ1) is 16.7. The molecule has 0 atom stereocenters. The molecule has 5 heteroatoms. The van der Waals surface area contributed by atoms with Gasteiger partial charge >= 0.3 is 0 Å². The third-order valence-electron chi connectivity index (χ3n) is 6.33. The van der Waals surface area contributed by atoms with E-state index in [0.29, 0.717) is 17.9 Å². The number of benzene rings is 1. The van der Waals surface area contributed by atoms with Crippen LogP contribution in [0.5, 0.6) is 0 Å². The minimum Gasteiger partial charge on any atom is -0.349 e. The van der Waals surface area contributed by atoms with Crippen LogP contribution >= 0.6 is 11.3 Å². The molecule has 5 rings (SSSR count). The first-order valence-corrected chi connectivity index (χ1v) is 10.9. The van der Waals surface area contributed by atoms with Crippen LogP contribution in [0.4, 0.5) is 0 Å². The second-order valence-corrected chi connectivity index (χ2v) is 9.48. The fourth-order valence-electron chi connectivity index (χ4n) is 4.16. The number of hydrogen-bond acceptors (Lipinski definition) is 4. The van der Waals surface area contributed by atoms with Crippen LogP contribution in [0.3, 0.4) is 0 Å². The van der Waals surface area contributed by atoms with Gasteiger partial charge in [-0.05, 0) is 88.7 Å². The fraction of sp³-hybridized carbons (Fsp3) is 0.619. The maximum atomic E-state index is 12.7. The predicted molar refractivity (Wildman–Crippen MR) is 106 cm³/mol. The molecule has 1 aliphatic heterocycles. The SMILES string of the molecule is CN1CCC(c2nc3c(C4CC4)cc(C(=O)NC4CCC4)cc3s2)CC1. The van der Waals surface area contributed by atoms with E-state index < -0.39 is 0 Å². The Balaban J connectivity index is 1.47. The molecule has 2 aromatic rings. The van der Waals surface area contributed by atoms with E-state index in [1.165, 1.54) is 52.9 Å². The smallest absolute Gasteiger partial charge is 0.251 e. The van der Waals surface area contributed by atoms with Crippen molar-refractivity contribution in [3.05, 3.63) is 28.3 Å². The summed E-state index contributed by atoms with van der Waals surface area (Å²) >= 11 is 1.82. The van der Waals surface area contributed by atoms with E-state index >= 15 is 0 Å². The molecule has 0 bridgehead atoms. The predicted octanol–water partition coefficient (Wildman–Crippen LogP) is 4.27. The molecule has 1 amide bonds. The van der Waals surface area contributed by atoms with Gasteiger partial charge in [0.2, 0.25) is 0 Å². The Morgan fingerprint density at radius 3 is 2.54 bits per heavy atom. The number of piperidine rings is 1. The second kappa shape index (κ2) is 6.61. The monoisotopic (exact) mass is 369 g/mol. The van der Waals surface area contributed by atoms with Gasteiger partial charge in [0.05, 0.1) is 15.2 Å². The third-order valence-corrected chi connectivity index (χ3v) is 7.49. The van der Waals surface area contributed by atoms with Crippen LogP contribution < -0.4 is 5.32 Å². The minimum atomic E-state index is 0.104. The zero-order valence-electron chi connectivity index (χ0n) is 15.5. The van der Waals surface area contributed by atoms with Crippen molar-refractivity contribution in [1.82, 2.24) is 15.2 Å². The summed E-state index contributed by atoms with van der Waals surface area (Å²) in [6.07, 6.45) is 8.38. The number of fused-ring (bicyclic) bond motifs is 1. The van der Waals surface area contributed by atoms with Gasteiger partial charge in [-0.2, -0.15) is 0 Å². The minimum absolute atomic E-state index is 0.104. The Morgan fingerprint density at radius 2 is 1.88 bits per heavy atom. The number of nitrogens with zero attached hydrogens (tertiary/aromatic N) is 2. The molecular formula is C21H27N3OS. The van der Waals surface area contributed by atoms with Crippen LogP contribution in [0.2, 0.25) is 0 Å². The van der Waals surface area contributed by atoms with Crippen LogP contribution in [-0.4, -0.2) is 42.0 Å². The molecule has 1 aromatic heterocycles. The first-order valence-electron chi connectivity index (χ1n) is 10.1. The maximum Gasteiger partial charge on any atom is 0.251 e. The van der Waals surface area contributed by atoms with Crippen molar-refractivity contribution in [2.24, 2.45) is 0 Å². The summed E-state index contributed by atoms with van der Waals surface area (Å²) in [5.41, 5.74) is 3.33. The topological polar surface area (TPSA) is 45.2 Å². The molecule has 0 unspecified atom stereocenters. The quantitative estimate of drug-likeness (QED) is 0.875. The van der Waals surface area contributed by atoms with E-state index in [1.54, 1.807) is 0 Å². The van der Waals surface area contributed by atoms with Crippen molar-refractivity contribution in [3.8, 4) is 0 Å². The zero-order valence-corrected chi connectivity index (χ0v) is 16.3. The lowest BCUT2D eigenvalue weighted by atomic mass is 9.93. The molecule has 4 nitrogen and oxygen atoms in total. The molecule has 3 aliphatic rings. The van der Waals surface area contributed by atoms with Crippen molar-refractivity contribution >= 4 is 27.5 Å². The number of nitrogens with one attached hydrogen (secondary N) is 1. The molecular weight excluding hydrogens is 342 g/mol. The van der Waals surface area contributed by atoms with E-state index in [-0.39, 0.29) is 5.91 Å². The Hall–Kier alpha value is -1.46. The lowest BCUT2D eigenvalue weighted by Crippen LogP contribution is -2.39. The molecule has 2 aliphatic carbocycles. The first-order chi connectivity index (χ1) is 12.7. The number of carbonyl (C=O) groups is 1. The van der Waals surface area contributed by atoms with Crippen LogP contribution in [0.25, 0.3) is 10.2 Å². The maximum absolute atomic E-state index is 12.7. The standard InChI is InChI=1S/C21H27N3OS/c1-24-9-7-14(8-10-24)21-23-19-17(13-5-6-13)11-15(12-18(19)26-21)20(25)22-16-3-2-4-16/h11-14,16H,2-10H2,1H3,(H,22,25). The van der Waals surface area contributed by atoms with Crippen molar-refractivity contribution < 1.29 is 4.79 Å². The average Bonchev–Trinajstić information content (AvgIpc) is 3.36. The Morgan fingerprint density at radius 1 is 1.12 bits per heavy atom. The van der Waals surface area contributed by atoms with E-state index in [1.807, 2.05) is 11.3 Å². The third kappa shape index (κ3) is 3.16. The van der Waals surface area contributed by atoms with E-state index in [2.05, 4.69) is 29.4 Å². The summed E-state index contributed by atoms with van der Waals surface area (Å²) in [6, 6.07) is 4.61. The van der Waals surface area contributed by atoms with E-state index in [9.17, 15) is 4.79 Å². The van der Waals surface area contributed by atoms with Crippen molar-refractivity contribution in [2.75, 3.05) is 20.1 Å². The molecule has 1 aromatic carbocycles. The van der Waals surface area contributed by atoms with Crippen LogP contribution in [0.15, 0.2) is 12.1 Å². The summed E-state index contributed by atoms with van der Waals surface area (Å²) in [7, 11) is 2.20. The van der Waals surface area contributed by atoms with Crippen LogP contribution in [0, 0.1) is 0 Å². The Bertz CT molecular complexity index is 829. The van der Waals surface area contributed by atoms with Crippen LogP contribution in [-0.2, 0) is 0 Å². The highest BCUT2D eigenvalue weighted by atomic mass is 32.1. The Kier molecular flexibility index (Phi) is 4.24. The number of carbonyl (C=O) groups excluding carboxylic acids is 1. The van der Waals surface area contributed by atoms with Gasteiger partial charge in [0, 0.05) is 17.5 Å². The molecule has 1 saturated heterocycles. The van der Waals surface area contributed by atoms with Gasteiger partial charge in [-0.25, -0.2) is 4.98 Å². The molecule has 26 heavy (non-hydrogen) atoms. The van der Waals surface area contributed by atoms with Gasteiger partial charge in [-0.3, -0.25) is 4.79 Å². The highest BCUT2D eigenvalue weighted by Gasteiger charge is 2.30. The van der Waals surface area contributed by atoms with Gasteiger partial charge in [-0.15, -0.1) is 11.3 Å². The van der Waals surface area contributed by atoms with E-state index in [0.717, 1.165) is 31.5 Å². The molecule has 0 radical (unpaired) electrons. The van der Waals surface area contributed by atoms with Crippen molar-refractivity contribution in [1.29, 1.82) is 0 Å². The molecule has 2 heterocycles. The molecule has 2 saturated carbocycles. The highest BCUT2D eigenvalue weighted by molar-refractivity contribution is 7.18. The van der Waals surface area contributed by atoms with Crippen LogP contribution in [0.1, 0.15) is 77.7 Å². The molecule has 3 fully saturated rings. The van der Waals surface area contributed by atoms with Gasteiger partial charge in [-0.1, -0.05) is 0 Å². The average molecular weight is 370 g/mol. The van der Waals surface area contributed by atoms with Crippen molar-refractivity contribution in [2.45, 2.75) is 62.8 Å². The van der Waals surface area contributed by atoms with Crippen molar-refractivity contribution in [3.63, 3.8) is 0 Å². The van der Waals surface area contributed by atoms with Gasteiger partial charge < -0.3 is 10.2 Å². The lowest BCUT2D eigenvalue weighted by molar-refractivity contribution is 0.0917. The zero-order chi connectivity index (χ0) is 17.7. The van der Waals surface area contributed by atoms with Gasteiger partial charge in [0.25, 0.3) is 5.91 Å². The number of rotatable bonds is 4.